The Morgan fingerprint density at radius 3 is 2.42 bits per heavy atom. The molecular weight excluding hydrogens is 152 g/mol. The first-order chi connectivity index (χ1) is 5.68. The van der Waals surface area contributed by atoms with Gasteiger partial charge in [0.05, 0.1) is 6.10 Å². The lowest BCUT2D eigenvalue weighted by Gasteiger charge is -2.30. The van der Waals surface area contributed by atoms with Crippen molar-refractivity contribution in [2.24, 2.45) is 0 Å². The van der Waals surface area contributed by atoms with E-state index in [2.05, 4.69) is 23.9 Å². The fraction of sp³-hybridized carbons (Fsp3) is 1.00. The van der Waals surface area contributed by atoms with Crippen molar-refractivity contribution in [1.82, 2.24) is 9.80 Å². The van der Waals surface area contributed by atoms with Crippen LogP contribution < -0.4 is 0 Å². The number of hydrogen-bond acceptors (Lipinski definition) is 3. The minimum Gasteiger partial charge on any atom is -0.393 e. The fourth-order valence-electron chi connectivity index (χ4n) is 1.48. The minimum atomic E-state index is -0.0411. The maximum atomic E-state index is 9.27. The Kier molecular flexibility index (Phi) is 3.98. The lowest BCUT2D eigenvalue weighted by atomic mass is 10.1. The van der Waals surface area contributed by atoms with Crippen LogP contribution in [0.4, 0.5) is 0 Å². The summed E-state index contributed by atoms with van der Waals surface area (Å²) in [6.07, 6.45) is 1.86. The van der Waals surface area contributed by atoms with Crippen LogP contribution in [0.1, 0.15) is 12.8 Å². The average molecular weight is 172 g/mol. The molecule has 0 radical (unpaired) electrons. The zero-order valence-corrected chi connectivity index (χ0v) is 8.16. The molecule has 0 unspecified atom stereocenters. The van der Waals surface area contributed by atoms with E-state index in [1.54, 1.807) is 0 Å². The standard InChI is InChI=1S/C9H20N2O/c1-10(2)7-8-11-5-3-9(12)4-6-11/h9,12H,3-8H2,1-2H3. The van der Waals surface area contributed by atoms with Crippen molar-refractivity contribution in [3.63, 3.8) is 0 Å². The highest BCUT2D eigenvalue weighted by molar-refractivity contribution is 4.71. The zero-order valence-electron chi connectivity index (χ0n) is 8.16. The van der Waals surface area contributed by atoms with Crippen LogP contribution >= 0.6 is 0 Å². The van der Waals surface area contributed by atoms with Gasteiger partial charge in [-0.1, -0.05) is 0 Å². The molecule has 3 nitrogen and oxygen atoms in total. The molecule has 0 aromatic heterocycles. The summed E-state index contributed by atoms with van der Waals surface area (Å²) in [6, 6.07) is 0. The molecule has 0 bridgehead atoms. The molecule has 3 heteroatoms. The first kappa shape index (κ1) is 9.96. The molecule has 1 aliphatic heterocycles. The van der Waals surface area contributed by atoms with Crippen LogP contribution in [0.25, 0.3) is 0 Å². The van der Waals surface area contributed by atoms with Crippen LogP contribution in [-0.4, -0.2) is 61.3 Å². The molecular formula is C9H20N2O. The van der Waals surface area contributed by atoms with Gasteiger partial charge in [-0.05, 0) is 26.9 Å². The van der Waals surface area contributed by atoms with Gasteiger partial charge in [0.2, 0.25) is 0 Å². The van der Waals surface area contributed by atoms with E-state index in [1.807, 2.05) is 0 Å². The highest BCUT2D eigenvalue weighted by Gasteiger charge is 2.15. The lowest BCUT2D eigenvalue weighted by Crippen LogP contribution is -2.39. The van der Waals surface area contributed by atoms with Crippen molar-refractivity contribution in [3.05, 3.63) is 0 Å². The third-order valence-corrected chi connectivity index (χ3v) is 2.42. The number of aliphatic hydroxyl groups excluding tert-OH is 1. The van der Waals surface area contributed by atoms with Gasteiger partial charge in [0, 0.05) is 26.2 Å². The van der Waals surface area contributed by atoms with E-state index in [4.69, 9.17) is 0 Å². The van der Waals surface area contributed by atoms with Gasteiger partial charge in [0.25, 0.3) is 0 Å². The third-order valence-electron chi connectivity index (χ3n) is 2.42. The van der Waals surface area contributed by atoms with Crippen molar-refractivity contribution in [1.29, 1.82) is 0 Å². The van der Waals surface area contributed by atoms with Crippen molar-refractivity contribution in [2.45, 2.75) is 18.9 Å². The molecule has 0 aliphatic carbocycles. The Labute approximate surface area is 75.0 Å². The van der Waals surface area contributed by atoms with E-state index >= 15 is 0 Å². The maximum absolute atomic E-state index is 9.27. The van der Waals surface area contributed by atoms with E-state index in [-0.39, 0.29) is 6.10 Å². The molecule has 0 aromatic carbocycles. The molecule has 0 spiro atoms. The van der Waals surface area contributed by atoms with Gasteiger partial charge in [-0.3, -0.25) is 0 Å². The van der Waals surface area contributed by atoms with E-state index in [9.17, 15) is 5.11 Å². The molecule has 1 saturated heterocycles. The molecule has 1 rings (SSSR count). The van der Waals surface area contributed by atoms with Gasteiger partial charge in [-0.2, -0.15) is 0 Å². The first-order valence-corrected chi connectivity index (χ1v) is 4.73. The van der Waals surface area contributed by atoms with Crippen LogP contribution in [0.15, 0.2) is 0 Å². The smallest absolute Gasteiger partial charge is 0.0564 e. The molecule has 72 valence electrons. The molecule has 0 atom stereocenters. The Morgan fingerprint density at radius 2 is 1.92 bits per heavy atom. The van der Waals surface area contributed by atoms with E-state index < -0.39 is 0 Å². The van der Waals surface area contributed by atoms with Gasteiger partial charge < -0.3 is 14.9 Å². The predicted molar refractivity (Wildman–Crippen MR) is 50.2 cm³/mol. The second-order valence-corrected chi connectivity index (χ2v) is 3.88. The van der Waals surface area contributed by atoms with Gasteiger partial charge in [-0.15, -0.1) is 0 Å². The Hall–Kier alpha value is -0.120. The lowest BCUT2D eigenvalue weighted by molar-refractivity contribution is 0.0795. The van der Waals surface area contributed by atoms with E-state index in [0.717, 1.165) is 39.0 Å². The summed E-state index contributed by atoms with van der Waals surface area (Å²) < 4.78 is 0. The Bertz CT molecular complexity index is 120. The van der Waals surface area contributed by atoms with Crippen molar-refractivity contribution in [2.75, 3.05) is 40.3 Å². The van der Waals surface area contributed by atoms with E-state index in [0.29, 0.717) is 0 Å². The third kappa shape index (κ3) is 3.52. The number of likely N-dealkylation sites (N-methyl/N-ethyl adjacent to an activating group) is 1. The Morgan fingerprint density at radius 1 is 1.33 bits per heavy atom. The highest BCUT2D eigenvalue weighted by Crippen LogP contribution is 2.08. The molecule has 1 aliphatic rings. The molecule has 1 fully saturated rings. The van der Waals surface area contributed by atoms with E-state index in [1.165, 1.54) is 0 Å². The summed E-state index contributed by atoms with van der Waals surface area (Å²) in [5.74, 6) is 0. The number of piperidine rings is 1. The monoisotopic (exact) mass is 172 g/mol. The topological polar surface area (TPSA) is 26.7 Å². The molecule has 1 N–H and O–H groups in total. The molecule has 0 saturated carbocycles. The maximum Gasteiger partial charge on any atom is 0.0564 e. The van der Waals surface area contributed by atoms with Gasteiger partial charge in [0.15, 0.2) is 0 Å². The van der Waals surface area contributed by atoms with Crippen LogP contribution in [0.3, 0.4) is 0 Å². The number of aliphatic hydroxyl groups is 1. The summed E-state index contributed by atoms with van der Waals surface area (Å²) in [5, 5.41) is 9.27. The number of nitrogens with zero attached hydrogens (tertiary/aromatic N) is 2. The highest BCUT2D eigenvalue weighted by atomic mass is 16.3. The molecule has 1 heterocycles. The summed E-state index contributed by atoms with van der Waals surface area (Å²) in [7, 11) is 4.19. The fourth-order valence-corrected chi connectivity index (χ4v) is 1.48. The van der Waals surface area contributed by atoms with Crippen LogP contribution in [0.2, 0.25) is 0 Å². The van der Waals surface area contributed by atoms with Crippen LogP contribution in [-0.2, 0) is 0 Å². The van der Waals surface area contributed by atoms with Crippen LogP contribution in [0, 0.1) is 0 Å². The van der Waals surface area contributed by atoms with Gasteiger partial charge in [-0.25, -0.2) is 0 Å². The number of hydrogen-bond donors (Lipinski definition) is 1. The van der Waals surface area contributed by atoms with Gasteiger partial charge in [0.1, 0.15) is 0 Å². The van der Waals surface area contributed by atoms with Gasteiger partial charge >= 0.3 is 0 Å². The van der Waals surface area contributed by atoms with Crippen molar-refractivity contribution >= 4 is 0 Å². The predicted octanol–water partition coefficient (Wildman–Crippen LogP) is 0.00470. The molecule has 0 amide bonds. The van der Waals surface area contributed by atoms with Crippen molar-refractivity contribution in [3.8, 4) is 0 Å². The largest absolute Gasteiger partial charge is 0.393 e. The normalized spacial score (nSPS) is 22.0. The number of rotatable bonds is 3. The zero-order chi connectivity index (χ0) is 8.97. The summed E-state index contributed by atoms with van der Waals surface area (Å²) >= 11 is 0. The second kappa shape index (κ2) is 4.80. The second-order valence-electron chi connectivity index (χ2n) is 3.88. The Balaban J connectivity index is 2.09. The summed E-state index contributed by atoms with van der Waals surface area (Å²) in [6.45, 7) is 4.39. The summed E-state index contributed by atoms with van der Waals surface area (Å²) in [5.41, 5.74) is 0. The quantitative estimate of drug-likeness (QED) is 0.649. The molecule has 12 heavy (non-hydrogen) atoms. The van der Waals surface area contributed by atoms with Crippen LogP contribution in [0.5, 0.6) is 0 Å². The van der Waals surface area contributed by atoms with Crippen molar-refractivity contribution < 1.29 is 5.11 Å². The SMILES string of the molecule is CN(C)CCN1CCC(O)CC1. The average Bonchev–Trinajstić information content (AvgIpc) is 2.03. The minimum absolute atomic E-state index is 0.0411. The molecule has 0 aromatic rings. The summed E-state index contributed by atoms with van der Waals surface area (Å²) in [4.78, 5) is 4.62. The number of likely N-dealkylation sites (tertiary alicyclic amines) is 1. The first-order valence-electron chi connectivity index (χ1n) is 4.73.